The Bertz CT molecular complexity index is 272. The van der Waals surface area contributed by atoms with E-state index in [9.17, 15) is 0 Å². The van der Waals surface area contributed by atoms with Crippen LogP contribution in [0, 0.1) is 17.2 Å². The van der Waals surface area contributed by atoms with E-state index in [4.69, 9.17) is 5.26 Å². The minimum Gasteiger partial charge on any atom is -0.260 e. The van der Waals surface area contributed by atoms with Crippen LogP contribution in [0.1, 0.15) is 25.5 Å². The average Bonchev–Trinajstić information content (AvgIpc) is 2.07. The van der Waals surface area contributed by atoms with Gasteiger partial charge in [-0.15, -0.1) is 0 Å². The third kappa shape index (κ3) is 1.82. The molecule has 1 atom stereocenters. The molecule has 0 fully saturated rings. The summed E-state index contributed by atoms with van der Waals surface area (Å²) in [5.74, 6) is 0.246. The lowest BCUT2D eigenvalue weighted by atomic mass is 9.94. The van der Waals surface area contributed by atoms with E-state index < -0.39 is 0 Å². The van der Waals surface area contributed by atoms with Crippen molar-refractivity contribution in [1.82, 2.24) is 4.98 Å². The molecule has 0 aliphatic heterocycles. The summed E-state index contributed by atoms with van der Waals surface area (Å²) >= 11 is 0. The molecular formula is C10H12N2. The van der Waals surface area contributed by atoms with Crippen molar-refractivity contribution in [2.75, 3.05) is 0 Å². The van der Waals surface area contributed by atoms with Gasteiger partial charge in [-0.3, -0.25) is 4.98 Å². The first-order valence-electron chi connectivity index (χ1n) is 4.06. The third-order valence-electron chi connectivity index (χ3n) is 1.81. The molecule has 1 heterocycles. The largest absolute Gasteiger partial charge is 0.260 e. The summed E-state index contributed by atoms with van der Waals surface area (Å²) in [5.41, 5.74) is 0.870. The topological polar surface area (TPSA) is 36.7 Å². The van der Waals surface area contributed by atoms with Gasteiger partial charge in [0.25, 0.3) is 0 Å². The van der Waals surface area contributed by atoms with Gasteiger partial charge in [-0.25, -0.2) is 0 Å². The second kappa shape index (κ2) is 3.87. The zero-order valence-electron chi connectivity index (χ0n) is 7.36. The minimum atomic E-state index is -0.0776. The number of hydrogen-bond acceptors (Lipinski definition) is 2. The van der Waals surface area contributed by atoms with Crippen LogP contribution >= 0.6 is 0 Å². The molecule has 0 unspecified atom stereocenters. The van der Waals surface area contributed by atoms with Crippen molar-refractivity contribution in [2.45, 2.75) is 19.8 Å². The zero-order valence-corrected chi connectivity index (χ0v) is 7.36. The number of nitrogens with zero attached hydrogens (tertiary/aromatic N) is 2. The Morgan fingerprint density at radius 3 is 2.58 bits per heavy atom. The van der Waals surface area contributed by atoms with Gasteiger partial charge in [-0.1, -0.05) is 19.9 Å². The lowest BCUT2D eigenvalue weighted by Crippen LogP contribution is -2.05. The number of nitriles is 1. The Morgan fingerprint density at radius 2 is 2.17 bits per heavy atom. The number of pyridine rings is 1. The summed E-state index contributed by atoms with van der Waals surface area (Å²) in [6.45, 7) is 4.06. The summed E-state index contributed by atoms with van der Waals surface area (Å²) in [6, 6.07) is 7.92. The van der Waals surface area contributed by atoms with Gasteiger partial charge in [0.1, 0.15) is 0 Å². The highest BCUT2D eigenvalue weighted by Gasteiger charge is 2.15. The van der Waals surface area contributed by atoms with E-state index in [2.05, 4.69) is 11.1 Å². The fourth-order valence-electron chi connectivity index (χ4n) is 1.12. The van der Waals surface area contributed by atoms with Gasteiger partial charge in [0.15, 0.2) is 0 Å². The lowest BCUT2D eigenvalue weighted by molar-refractivity contribution is 0.575. The maximum Gasteiger partial charge on any atom is 0.0907 e. The molecule has 1 aromatic rings. The summed E-state index contributed by atoms with van der Waals surface area (Å²) in [4.78, 5) is 4.15. The van der Waals surface area contributed by atoms with Crippen molar-refractivity contribution in [3.63, 3.8) is 0 Å². The smallest absolute Gasteiger partial charge is 0.0907 e. The van der Waals surface area contributed by atoms with Crippen LogP contribution in [0.2, 0.25) is 0 Å². The van der Waals surface area contributed by atoms with E-state index in [1.807, 2.05) is 32.0 Å². The summed E-state index contributed by atoms with van der Waals surface area (Å²) in [5, 5.41) is 8.86. The summed E-state index contributed by atoms with van der Waals surface area (Å²) in [7, 11) is 0. The fourth-order valence-corrected chi connectivity index (χ4v) is 1.12. The predicted molar refractivity (Wildman–Crippen MR) is 47.4 cm³/mol. The van der Waals surface area contributed by atoms with Crippen molar-refractivity contribution in [3.05, 3.63) is 30.1 Å². The summed E-state index contributed by atoms with van der Waals surface area (Å²) < 4.78 is 0. The van der Waals surface area contributed by atoms with E-state index in [0.717, 1.165) is 5.69 Å². The zero-order chi connectivity index (χ0) is 8.97. The molecule has 0 aliphatic carbocycles. The van der Waals surface area contributed by atoms with Crippen molar-refractivity contribution < 1.29 is 0 Å². The molecule has 62 valence electrons. The molecule has 0 aromatic carbocycles. The van der Waals surface area contributed by atoms with Crippen LogP contribution in [0.3, 0.4) is 0 Å². The van der Waals surface area contributed by atoms with Gasteiger partial charge in [-0.05, 0) is 18.1 Å². The molecule has 1 rings (SSSR count). The normalized spacial score (nSPS) is 12.5. The summed E-state index contributed by atoms with van der Waals surface area (Å²) in [6.07, 6.45) is 1.72. The Hall–Kier alpha value is -1.36. The maximum atomic E-state index is 8.86. The first-order valence-corrected chi connectivity index (χ1v) is 4.06. The highest BCUT2D eigenvalue weighted by atomic mass is 14.7. The van der Waals surface area contributed by atoms with Crippen molar-refractivity contribution in [1.29, 1.82) is 5.26 Å². The average molecular weight is 160 g/mol. The van der Waals surface area contributed by atoms with Crippen molar-refractivity contribution in [2.24, 2.45) is 5.92 Å². The number of rotatable bonds is 2. The predicted octanol–water partition coefficient (Wildman–Crippen LogP) is 2.34. The van der Waals surface area contributed by atoms with Crippen LogP contribution in [0.4, 0.5) is 0 Å². The molecule has 0 spiro atoms. The molecule has 2 nitrogen and oxygen atoms in total. The monoisotopic (exact) mass is 160 g/mol. The van der Waals surface area contributed by atoms with Crippen LogP contribution < -0.4 is 0 Å². The third-order valence-corrected chi connectivity index (χ3v) is 1.81. The molecule has 0 N–H and O–H groups in total. The van der Waals surface area contributed by atoms with Gasteiger partial charge in [0.05, 0.1) is 17.7 Å². The molecule has 0 saturated carbocycles. The Labute approximate surface area is 72.9 Å². The Kier molecular flexibility index (Phi) is 2.82. The fraction of sp³-hybridized carbons (Fsp3) is 0.400. The Balaban J connectivity index is 2.90. The van der Waals surface area contributed by atoms with Gasteiger partial charge in [0.2, 0.25) is 0 Å². The van der Waals surface area contributed by atoms with Crippen LogP contribution in [-0.4, -0.2) is 4.98 Å². The van der Waals surface area contributed by atoms with E-state index in [1.165, 1.54) is 0 Å². The molecule has 1 aromatic heterocycles. The quantitative estimate of drug-likeness (QED) is 0.665. The highest BCUT2D eigenvalue weighted by Crippen LogP contribution is 2.20. The first kappa shape index (κ1) is 8.73. The van der Waals surface area contributed by atoms with E-state index >= 15 is 0 Å². The first-order chi connectivity index (χ1) is 5.75. The lowest BCUT2D eigenvalue weighted by Gasteiger charge is -2.10. The minimum absolute atomic E-state index is 0.0776. The highest BCUT2D eigenvalue weighted by molar-refractivity contribution is 5.17. The SMILES string of the molecule is CC(C)[C@@H](C#N)c1ccccn1. The molecular weight excluding hydrogens is 148 g/mol. The maximum absolute atomic E-state index is 8.86. The number of aromatic nitrogens is 1. The van der Waals surface area contributed by atoms with Crippen molar-refractivity contribution in [3.8, 4) is 6.07 Å². The standard InChI is InChI=1S/C10H12N2/c1-8(2)9(7-11)10-5-3-4-6-12-10/h3-6,8-9H,1-2H3/t9-/m1/s1. The van der Waals surface area contributed by atoms with Gasteiger partial charge in [-0.2, -0.15) is 5.26 Å². The van der Waals surface area contributed by atoms with Gasteiger partial charge < -0.3 is 0 Å². The molecule has 2 heteroatoms. The van der Waals surface area contributed by atoms with Crippen LogP contribution in [0.15, 0.2) is 24.4 Å². The van der Waals surface area contributed by atoms with E-state index in [1.54, 1.807) is 6.20 Å². The van der Waals surface area contributed by atoms with Gasteiger partial charge in [0, 0.05) is 6.20 Å². The van der Waals surface area contributed by atoms with E-state index in [0.29, 0.717) is 5.92 Å². The second-order valence-corrected chi connectivity index (χ2v) is 3.11. The van der Waals surface area contributed by atoms with Crippen LogP contribution in [0.25, 0.3) is 0 Å². The molecule has 12 heavy (non-hydrogen) atoms. The second-order valence-electron chi connectivity index (χ2n) is 3.11. The van der Waals surface area contributed by atoms with Crippen LogP contribution in [-0.2, 0) is 0 Å². The Morgan fingerprint density at radius 1 is 1.42 bits per heavy atom. The van der Waals surface area contributed by atoms with E-state index in [-0.39, 0.29) is 5.92 Å². The molecule has 0 radical (unpaired) electrons. The molecule has 0 bridgehead atoms. The van der Waals surface area contributed by atoms with Crippen molar-refractivity contribution >= 4 is 0 Å². The molecule has 0 aliphatic rings. The molecule has 0 saturated heterocycles. The molecule has 0 amide bonds. The van der Waals surface area contributed by atoms with Gasteiger partial charge >= 0.3 is 0 Å². The number of hydrogen-bond donors (Lipinski definition) is 0. The van der Waals surface area contributed by atoms with Crippen LogP contribution in [0.5, 0.6) is 0 Å².